The molecule has 0 spiro atoms. The Hall–Kier alpha value is -0.650. The third-order valence-corrected chi connectivity index (χ3v) is 5.09. The van der Waals surface area contributed by atoms with E-state index in [1.54, 1.807) is 0 Å². The number of nitrogens with zero attached hydrogens (tertiary/aromatic N) is 2. The van der Waals surface area contributed by atoms with E-state index >= 15 is 0 Å². The van der Waals surface area contributed by atoms with Crippen molar-refractivity contribution in [2.45, 2.75) is 50.7 Å². The quantitative estimate of drug-likeness (QED) is 0.761. The van der Waals surface area contributed by atoms with Crippen LogP contribution in [0.2, 0.25) is 0 Å². The number of rotatable bonds is 3. The van der Waals surface area contributed by atoms with Crippen LogP contribution in [0.4, 0.5) is 0 Å². The number of hydrogen-bond acceptors (Lipinski definition) is 5. The lowest BCUT2D eigenvalue weighted by Gasteiger charge is -2.43. The number of esters is 1. The summed E-state index contributed by atoms with van der Waals surface area (Å²) in [6.45, 7) is 7.51. The first kappa shape index (κ1) is 14.3. The van der Waals surface area contributed by atoms with Crippen molar-refractivity contribution in [3.05, 3.63) is 0 Å². The second-order valence-electron chi connectivity index (χ2n) is 6.16. The molecule has 5 nitrogen and oxygen atoms in total. The molecule has 0 aliphatic carbocycles. The first-order chi connectivity index (χ1) is 9.81. The van der Waals surface area contributed by atoms with Crippen molar-refractivity contribution in [1.29, 1.82) is 0 Å². The van der Waals surface area contributed by atoms with Crippen molar-refractivity contribution in [3.8, 4) is 0 Å². The Labute approximate surface area is 121 Å². The SMILES string of the molecule is CCOC(=O)C1CNCCN1C1CCN2CCCCC12. The average Bonchev–Trinajstić information content (AvgIpc) is 2.91. The molecule has 3 aliphatic rings. The molecule has 0 radical (unpaired) electrons. The number of piperidine rings is 1. The molecule has 20 heavy (non-hydrogen) atoms. The number of fused-ring (bicyclic) bond motifs is 1. The zero-order valence-electron chi connectivity index (χ0n) is 12.5. The molecule has 0 bridgehead atoms. The average molecular weight is 281 g/mol. The van der Waals surface area contributed by atoms with Crippen LogP contribution in [-0.4, -0.2) is 73.2 Å². The summed E-state index contributed by atoms with van der Waals surface area (Å²) in [5.74, 6) is -0.0473. The molecule has 3 heterocycles. The Bertz CT molecular complexity index is 350. The summed E-state index contributed by atoms with van der Waals surface area (Å²) in [5, 5.41) is 3.34. The van der Waals surface area contributed by atoms with Crippen molar-refractivity contribution >= 4 is 5.97 Å². The Balaban J connectivity index is 1.71. The van der Waals surface area contributed by atoms with Crippen molar-refractivity contribution in [1.82, 2.24) is 15.1 Å². The van der Waals surface area contributed by atoms with Crippen LogP contribution in [0.25, 0.3) is 0 Å². The van der Waals surface area contributed by atoms with E-state index in [1.807, 2.05) is 6.92 Å². The minimum atomic E-state index is -0.0874. The first-order valence-electron chi connectivity index (χ1n) is 8.18. The number of carbonyl (C=O) groups is 1. The van der Waals surface area contributed by atoms with E-state index in [0.717, 1.165) is 19.6 Å². The number of hydrogen-bond donors (Lipinski definition) is 1. The van der Waals surface area contributed by atoms with Crippen LogP contribution in [0.15, 0.2) is 0 Å². The molecule has 3 fully saturated rings. The fourth-order valence-corrected chi connectivity index (χ4v) is 4.18. The molecule has 0 aromatic heterocycles. The van der Waals surface area contributed by atoms with Crippen LogP contribution < -0.4 is 5.32 Å². The Morgan fingerprint density at radius 2 is 2.10 bits per heavy atom. The standard InChI is InChI=1S/C15H27N3O2/c1-2-20-15(19)14-11-16-7-10-18(14)13-6-9-17-8-4-3-5-12(13)17/h12-14,16H,2-11H2,1H3. The molecule has 3 rings (SSSR count). The predicted octanol–water partition coefficient (Wildman–Crippen LogP) is 0.450. The van der Waals surface area contributed by atoms with Crippen molar-refractivity contribution in [3.63, 3.8) is 0 Å². The normalized spacial score (nSPS) is 35.8. The fourth-order valence-electron chi connectivity index (χ4n) is 4.18. The van der Waals surface area contributed by atoms with Gasteiger partial charge in [-0.2, -0.15) is 0 Å². The van der Waals surface area contributed by atoms with Gasteiger partial charge in [0.1, 0.15) is 6.04 Å². The van der Waals surface area contributed by atoms with Crippen LogP contribution in [0.5, 0.6) is 0 Å². The van der Waals surface area contributed by atoms with Gasteiger partial charge in [0, 0.05) is 38.3 Å². The van der Waals surface area contributed by atoms with Crippen LogP contribution in [0.1, 0.15) is 32.6 Å². The summed E-state index contributed by atoms with van der Waals surface area (Å²) in [4.78, 5) is 17.3. The number of ether oxygens (including phenoxy) is 1. The monoisotopic (exact) mass is 281 g/mol. The highest BCUT2D eigenvalue weighted by molar-refractivity contribution is 5.76. The zero-order chi connectivity index (χ0) is 13.9. The molecule has 1 N–H and O–H groups in total. The van der Waals surface area contributed by atoms with Crippen molar-refractivity contribution in [2.75, 3.05) is 39.3 Å². The summed E-state index contributed by atoms with van der Waals surface area (Å²) in [6, 6.07) is 1.13. The molecule has 0 amide bonds. The molecular formula is C15H27N3O2. The third-order valence-electron chi connectivity index (χ3n) is 5.09. The highest BCUT2D eigenvalue weighted by Crippen LogP contribution is 2.31. The second kappa shape index (κ2) is 6.41. The van der Waals surface area contributed by atoms with Crippen LogP contribution in [-0.2, 0) is 9.53 Å². The highest BCUT2D eigenvalue weighted by atomic mass is 16.5. The maximum absolute atomic E-state index is 12.2. The summed E-state index contributed by atoms with van der Waals surface area (Å²) >= 11 is 0. The van der Waals surface area contributed by atoms with Gasteiger partial charge in [0.15, 0.2) is 0 Å². The summed E-state index contributed by atoms with van der Waals surface area (Å²) in [7, 11) is 0. The maximum Gasteiger partial charge on any atom is 0.324 e. The smallest absolute Gasteiger partial charge is 0.324 e. The molecule has 3 atom stereocenters. The second-order valence-corrected chi connectivity index (χ2v) is 6.16. The third kappa shape index (κ3) is 2.71. The van der Waals surface area contributed by atoms with Gasteiger partial charge in [0.05, 0.1) is 6.61 Å². The fraction of sp³-hybridized carbons (Fsp3) is 0.933. The van der Waals surface area contributed by atoms with Crippen molar-refractivity contribution < 1.29 is 9.53 Å². The Morgan fingerprint density at radius 1 is 1.20 bits per heavy atom. The van der Waals surface area contributed by atoms with Gasteiger partial charge < -0.3 is 10.1 Å². The lowest BCUT2D eigenvalue weighted by atomic mass is 9.96. The minimum Gasteiger partial charge on any atom is -0.465 e. The summed E-state index contributed by atoms with van der Waals surface area (Å²) in [5.41, 5.74) is 0. The molecule has 5 heteroatoms. The van der Waals surface area contributed by atoms with E-state index in [9.17, 15) is 4.79 Å². The van der Waals surface area contributed by atoms with Crippen LogP contribution in [0, 0.1) is 0 Å². The van der Waals surface area contributed by atoms with Gasteiger partial charge in [-0.3, -0.25) is 14.6 Å². The molecule has 0 aromatic rings. The van der Waals surface area contributed by atoms with E-state index in [4.69, 9.17) is 4.74 Å². The lowest BCUT2D eigenvalue weighted by Crippen LogP contribution is -2.61. The molecule has 3 saturated heterocycles. The van der Waals surface area contributed by atoms with Crippen LogP contribution >= 0.6 is 0 Å². The van der Waals surface area contributed by atoms with E-state index in [1.165, 1.54) is 38.8 Å². The molecule has 3 aliphatic heterocycles. The van der Waals surface area contributed by atoms with E-state index in [-0.39, 0.29) is 12.0 Å². The summed E-state index contributed by atoms with van der Waals surface area (Å²) in [6.07, 6.45) is 5.19. The predicted molar refractivity (Wildman–Crippen MR) is 77.6 cm³/mol. The number of nitrogens with one attached hydrogen (secondary N) is 1. The molecular weight excluding hydrogens is 254 g/mol. The molecule has 0 aromatic carbocycles. The molecule has 0 saturated carbocycles. The van der Waals surface area contributed by atoms with Gasteiger partial charge in [-0.1, -0.05) is 6.42 Å². The van der Waals surface area contributed by atoms with Gasteiger partial charge in [-0.15, -0.1) is 0 Å². The number of piperazine rings is 1. The largest absolute Gasteiger partial charge is 0.465 e. The Kier molecular flexibility index (Phi) is 4.58. The van der Waals surface area contributed by atoms with Gasteiger partial charge in [-0.25, -0.2) is 0 Å². The Morgan fingerprint density at radius 3 is 2.95 bits per heavy atom. The lowest BCUT2D eigenvalue weighted by molar-refractivity contribution is -0.151. The molecule has 3 unspecified atom stereocenters. The van der Waals surface area contributed by atoms with Gasteiger partial charge in [0.25, 0.3) is 0 Å². The summed E-state index contributed by atoms with van der Waals surface area (Å²) < 4.78 is 5.27. The number of carbonyl (C=O) groups excluding carboxylic acids is 1. The van der Waals surface area contributed by atoms with E-state index in [2.05, 4.69) is 15.1 Å². The first-order valence-corrected chi connectivity index (χ1v) is 8.18. The molecule has 114 valence electrons. The van der Waals surface area contributed by atoms with E-state index < -0.39 is 0 Å². The maximum atomic E-state index is 12.2. The highest BCUT2D eigenvalue weighted by Gasteiger charge is 2.43. The zero-order valence-corrected chi connectivity index (χ0v) is 12.5. The van der Waals surface area contributed by atoms with Gasteiger partial charge in [-0.05, 0) is 32.7 Å². The van der Waals surface area contributed by atoms with Gasteiger partial charge >= 0.3 is 5.97 Å². The minimum absolute atomic E-state index is 0.0473. The van der Waals surface area contributed by atoms with Crippen molar-refractivity contribution in [2.24, 2.45) is 0 Å². The van der Waals surface area contributed by atoms with Crippen LogP contribution in [0.3, 0.4) is 0 Å². The van der Waals surface area contributed by atoms with E-state index in [0.29, 0.717) is 18.7 Å². The topological polar surface area (TPSA) is 44.8 Å². The van der Waals surface area contributed by atoms with Gasteiger partial charge in [0.2, 0.25) is 0 Å².